The number of rotatable bonds is 3. The molecule has 2 rings (SSSR count). The largest absolute Gasteiger partial charge is 0.494 e. The number of pyridine rings is 1. The zero-order valence-electron chi connectivity index (χ0n) is 11.8. The molecular formula is C15H14FNO4. The highest BCUT2D eigenvalue weighted by Crippen LogP contribution is 2.22. The summed E-state index contributed by atoms with van der Waals surface area (Å²) in [5, 5.41) is 9.25. The van der Waals surface area contributed by atoms with Crippen LogP contribution in [0.25, 0.3) is 5.69 Å². The summed E-state index contributed by atoms with van der Waals surface area (Å²) in [6, 6.07) is 5.16. The first-order valence-electron chi connectivity index (χ1n) is 6.17. The third-order valence-electron chi connectivity index (χ3n) is 3.26. The van der Waals surface area contributed by atoms with E-state index in [1.807, 2.05) is 0 Å². The van der Waals surface area contributed by atoms with Crippen LogP contribution in [0.15, 0.2) is 29.1 Å². The summed E-state index contributed by atoms with van der Waals surface area (Å²) in [6.07, 6.45) is 0. The molecule has 0 unspecified atom stereocenters. The maximum absolute atomic E-state index is 13.5. The van der Waals surface area contributed by atoms with Gasteiger partial charge in [-0.3, -0.25) is 9.36 Å². The summed E-state index contributed by atoms with van der Waals surface area (Å²) in [6.45, 7) is 3.10. The number of ether oxygens (including phenoxy) is 1. The molecule has 0 saturated carbocycles. The van der Waals surface area contributed by atoms with Gasteiger partial charge in [0.25, 0.3) is 5.56 Å². The van der Waals surface area contributed by atoms with E-state index in [0.29, 0.717) is 11.3 Å². The Kier molecular flexibility index (Phi) is 3.80. The normalized spacial score (nSPS) is 10.5. The van der Waals surface area contributed by atoms with Gasteiger partial charge in [0, 0.05) is 17.8 Å². The zero-order valence-corrected chi connectivity index (χ0v) is 11.8. The molecule has 1 N–H and O–H groups in total. The molecule has 2 aromatic rings. The molecule has 6 heteroatoms. The van der Waals surface area contributed by atoms with Gasteiger partial charge in [-0.1, -0.05) is 0 Å². The fourth-order valence-electron chi connectivity index (χ4n) is 2.32. The van der Waals surface area contributed by atoms with Crippen LogP contribution >= 0.6 is 0 Å². The van der Waals surface area contributed by atoms with Gasteiger partial charge in [-0.25, -0.2) is 9.18 Å². The smallest absolute Gasteiger partial charge is 0.337 e. The van der Waals surface area contributed by atoms with Crippen molar-refractivity contribution in [2.75, 3.05) is 7.11 Å². The minimum absolute atomic E-state index is 0.0174. The minimum Gasteiger partial charge on any atom is -0.494 e. The molecule has 1 aromatic carbocycles. The minimum atomic E-state index is -1.12. The fourth-order valence-corrected chi connectivity index (χ4v) is 2.32. The van der Waals surface area contributed by atoms with E-state index < -0.39 is 11.8 Å². The lowest BCUT2D eigenvalue weighted by atomic mass is 10.1. The number of hydrogen-bond acceptors (Lipinski definition) is 3. The van der Waals surface area contributed by atoms with Crippen molar-refractivity contribution in [3.63, 3.8) is 0 Å². The van der Waals surface area contributed by atoms with E-state index in [2.05, 4.69) is 0 Å². The van der Waals surface area contributed by atoms with Crippen LogP contribution in [0.1, 0.15) is 21.6 Å². The number of halogens is 1. The topological polar surface area (TPSA) is 68.5 Å². The second-order valence-electron chi connectivity index (χ2n) is 4.59. The molecule has 0 spiro atoms. The van der Waals surface area contributed by atoms with Crippen molar-refractivity contribution in [3.05, 3.63) is 57.3 Å². The molecule has 0 atom stereocenters. The Morgan fingerprint density at radius 1 is 1.29 bits per heavy atom. The molecule has 0 bridgehead atoms. The number of carboxylic acids is 1. The van der Waals surface area contributed by atoms with Gasteiger partial charge in [0.1, 0.15) is 0 Å². The Hall–Kier alpha value is -2.63. The highest BCUT2D eigenvalue weighted by atomic mass is 19.1. The van der Waals surface area contributed by atoms with Crippen LogP contribution in [0.4, 0.5) is 4.39 Å². The molecule has 1 heterocycles. The molecule has 0 aliphatic heterocycles. The summed E-state index contributed by atoms with van der Waals surface area (Å²) < 4.78 is 19.6. The van der Waals surface area contributed by atoms with E-state index in [4.69, 9.17) is 4.74 Å². The maximum Gasteiger partial charge on any atom is 0.337 e. The van der Waals surface area contributed by atoms with Gasteiger partial charge in [-0.15, -0.1) is 0 Å². The van der Waals surface area contributed by atoms with E-state index in [1.54, 1.807) is 6.92 Å². The quantitative estimate of drug-likeness (QED) is 0.942. The number of carbonyl (C=O) groups is 1. The first-order valence-corrected chi connectivity index (χ1v) is 6.17. The fraction of sp³-hybridized carbons (Fsp3) is 0.200. The zero-order chi connectivity index (χ0) is 15.7. The van der Waals surface area contributed by atoms with Crippen molar-refractivity contribution < 1.29 is 19.0 Å². The third kappa shape index (κ3) is 2.52. The van der Waals surface area contributed by atoms with Gasteiger partial charge < -0.3 is 9.84 Å². The lowest BCUT2D eigenvalue weighted by Crippen LogP contribution is -2.24. The first-order chi connectivity index (χ1) is 9.86. The SMILES string of the molecule is COc1cc(-n2c(C)c(C(=O)O)c(C)cc2=O)ccc1F. The molecule has 0 aliphatic rings. The second-order valence-corrected chi connectivity index (χ2v) is 4.59. The van der Waals surface area contributed by atoms with Crippen molar-refractivity contribution in [3.8, 4) is 11.4 Å². The van der Waals surface area contributed by atoms with Gasteiger partial charge in [0.05, 0.1) is 18.4 Å². The highest BCUT2D eigenvalue weighted by molar-refractivity contribution is 5.90. The van der Waals surface area contributed by atoms with Crippen molar-refractivity contribution in [1.82, 2.24) is 4.57 Å². The molecule has 1 aromatic heterocycles. The number of methoxy groups -OCH3 is 1. The van der Waals surface area contributed by atoms with E-state index in [-0.39, 0.29) is 22.6 Å². The van der Waals surface area contributed by atoms with Crippen molar-refractivity contribution >= 4 is 5.97 Å². The molecular weight excluding hydrogens is 277 g/mol. The van der Waals surface area contributed by atoms with Crippen LogP contribution in [0.5, 0.6) is 5.75 Å². The molecule has 110 valence electrons. The van der Waals surface area contributed by atoms with E-state index in [9.17, 15) is 19.1 Å². The van der Waals surface area contributed by atoms with Crippen LogP contribution < -0.4 is 10.3 Å². The molecule has 0 radical (unpaired) electrons. The average Bonchev–Trinajstić information content (AvgIpc) is 2.39. The van der Waals surface area contributed by atoms with Gasteiger partial charge in [-0.05, 0) is 31.5 Å². The number of nitrogens with zero attached hydrogens (tertiary/aromatic N) is 1. The highest BCUT2D eigenvalue weighted by Gasteiger charge is 2.17. The number of hydrogen-bond donors (Lipinski definition) is 1. The lowest BCUT2D eigenvalue weighted by molar-refractivity contribution is 0.0694. The Morgan fingerprint density at radius 2 is 1.95 bits per heavy atom. The lowest BCUT2D eigenvalue weighted by Gasteiger charge is -2.15. The van der Waals surface area contributed by atoms with E-state index in [0.717, 1.165) is 0 Å². The van der Waals surface area contributed by atoms with Crippen LogP contribution in [-0.2, 0) is 0 Å². The molecule has 5 nitrogen and oxygen atoms in total. The number of carboxylic acid groups (broad SMARTS) is 1. The molecule has 21 heavy (non-hydrogen) atoms. The van der Waals surface area contributed by atoms with Gasteiger partial charge in [0.15, 0.2) is 11.6 Å². The van der Waals surface area contributed by atoms with E-state index in [1.165, 1.54) is 42.9 Å². The summed E-state index contributed by atoms with van der Waals surface area (Å²) in [5.74, 6) is -1.69. The van der Waals surface area contributed by atoms with Crippen LogP contribution in [0.2, 0.25) is 0 Å². The Morgan fingerprint density at radius 3 is 2.52 bits per heavy atom. The standard InChI is InChI=1S/C15H14FNO4/c1-8-6-13(18)17(9(2)14(8)15(19)20)10-4-5-11(16)12(7-10)21-3/h4-7H,1-3H3,(H,19,20). The second kappa shape index (κ2) is 5.40. The van der Waals surface area contributed by atoms with Crippen molar-refractivity contribution in [1.29, 1.82) is 0 Å². The molecule has 0 saturated heterocycles. The number of aromatic nitrogens is 1. The monoisotopic (exact) mass is 291 g/mol. The summed E-state index contributed by atoms with van der Waals surface area (Å²) in [4.78, 5) is 23.5. The summed E-state index contributed by atoms with van der Waals surface area (Å²) >= 11 is 0. The van der Waals surface area contributed by atoms with Crippen LogP contribution in [0, 0.1) is 19.7 Å². The summed E-state index contributed by atoms with van der Waals surface area (Å²) in [7, 11) is 1.32. The van der Waals surface area contributed by atoms with Gasteiger partial charge in [-0.2, -0.15) is 0 Å². The van der Waals surface area contributed by atoms with Crippen LogP contribution in [0.3, 0.4) is 0 Å². The Labute approximate surface area is 120 Å². The average molecular weight is 291 g/mol. The number of aryl methyl sites for hydroxylation is 1. The maximum atomic E-state index is 13.5. The first kappa shape index (κ1) is 14.8. The predicted octanol–water partition coefficient (Wildman–Crippen LogP) is 2.30. The van der Waals surface area contributed by atoms with Crippen LogP contribution in [-0.4, -0.2) is 22.8 Å². The molecule has 0 amide bonds. The molecule has 0 fully saturated rings. The van der Waals surface area contributed by atoms with Gasteiger partial charge in [0.2, 0.25) is 0 Å². The van der Waals surface area contributed by atoms with Crippen molar-refractivity contribution in [2.24, 2.45) is 0 Å². The summed E-state index contributed by atoms with van der Waals surface area (Å²) in [5.41, 5.74) is 0.677. The Bertz CT molecular complexity index is 780. The predicted molar refractivity (Wildman–Crippen MR) is 75.0 cm³/mol. The third-order valence-corrected chi connectivity index (χ3v) is 3.26. The Balaban J connectivity index is 2.78. The number of aromatic carboxylic acids is 1. The van der Waals surface area contributed by atoms with Crippen molar-refractivity contribution in [2.45, 2.75) is 13.8 Å². The van der Waals surface area contributed by atoms with E-state index >= 15 is 0 Å². The number of benzene rings is 1. The van der Waals surface area contributed by atoms with Gasteiger partial charge >= 0.3 is 5.97 Å². The molecule has 0 aliphatic carbocycles.